The molecule has 0 aromatic heterocycles. The van der Waals surface area contributed by atoms with Gasteiger partial charge in [0.15, 0.2) is 0 Å². The second-order valence-corrected chi connectivity index (χ2v) is 2.90. The standard InChI is InChI=1S/C8H14N2O/c1-2-4-9(3-1)10-5-7-11-8-6-10/h1,3H,2,4-8H2. The molecule has 0 bridgehead atoms. The van der Waals surface area contributed by atoms with Crippen LogP contribution in [-0.2, 0) is 4.74 Å². The molecule has 2 rings (SSSR count). The van der Waals surface area contributed by atoms with Gasteiger partial charge in [0.25, 0.3) is 0 Å². The van der Waals surface area contributed by atoms with Crippen LogP contribution in [0.1, 0.15) is 6.42 Å². The number of rotatable bonds is 1. The van der Waals surface area contributed by atoms with Gasteiger partial charge < -0.3 is 9.75 Å². The van der Waals surface area contributed by atoms with Crippen molar-refractivity contribution < 1.29 is 4.74 Å². The van der Waals surface area contributed by atoms with Gasteiger partial charge in [0.1, 0.15) is 0 Å². The van der Waals surface area contributed by atoms with Crippen LogP contribution < -0.4 is 0 Å². The lowest BCUT2D eigenvalue weighted by Crippen LogP contribution is -2.45. The highest BCUT2D eigenvalue weighted by atomic mass is 16.5. The maximum Gasteiger partial charge on any atom is 0.0612 e. The van der Waals surface area contributed by atoms with E-state index in [1.165, 1.54) is 6.42 Å². The normalized spacial score (nSPS) is 26.4. The molecule has 2 heterocycles. The van der Waals surface area contributed by atoms with E-state index in [0.29, 0.717) is 0 Å². The highest BCUT2D eigenvalue weighted by Gasteiger charge is 2.16. The van der Waals surface area contributed by atoms with Crippen LogP contribution in [0, 0.1) is 0 Å². The smallest absolute Gasteiger partial charge is 0.0612 e. The lowest BCUT2D eigenvalue weighted by Gasteiger charge is -2.34. The second kappa shape index (κ2) is 3.24. The van der Waals surface area contributed by atoms with Crippen LogP contribution >= 0.6 is 0 Å². The molecule has 0 radical (unpaired) electrons. The first kappa shape index (κ1) is 7.13. The molecule has 3 heteroatoms. The van der Waals surface area contributed by atoms with Crippen molar-refractivity contribution in [2.24, 2.45) is 0 Å². The summed E-state index contributed by atoms with van der Waals surface area (Å²) in [6, 6.07) is 0. The van der Waals surface area contributed by atoms with Crippen LogP contribution in [0.2, 0.25) is 0 Å². The summed E-state index contributed by atoms with van der Waals surface area (Å²) >= 11 is 0. The van der Waals surface area contributed by atoms with Crippen LogP contribution in [0.5, 0.6) is 0 Å². The Balaban J connectivity index is 1.87. The van der Waals surface area contributed by atoms with Crippen molar-refractivity contribution in [3.63, 3.8) is 0 Å². The molecule has 0 N–H and O–H groups in total. The molecule has 0 amide bonds. The summed E-state index contributed by atoms with van der Waals surface area (Å²) in [6.07, 6.45) is 5.58. The van der Waals surface area contributed by atoms with Gasteiger partial charge in [-0.15, -0.1) is 0 Å². The maximum atomic E-state index is 5.27. The topological polar surface area (TPSA) is 15.7 Å². The highest BCUT2D eigenvalue weighted by molar-refractivity contribution is 4.89. The van der Waals surface area contributed by atoms with Crippen molar-refractivity contribution in [3.8, 4) is 0 Å². The van der Waals surface area contributed by atoms with Gasteiger partial charge in [0.05, 0.1) is 13.2 Å². The Labute approximate surface area is 67.2 Å². The zero-order valence-electron chi connectivity index (χ0n) is 6.70. The minimum absolute atomic E-state index is 0.879. The summed E-state index contributed by atoms with van der Waals surface area (Å²) in [5.41, 5.74) is 0. The monoisotopic (exact) mass is 154 g/mol. The van der Waals surface area contributed by atoms with E-state index in [9.17, 15) is 0 Å². The van der Waals surface area contributed by atoms with Gasteiger partial charge in [0.2, 0.25) is 0 Å². The zero-order chi connectivity index (χ0) is 7.52. The Morgan fingerprint density at radius 1 is 1.09 bits per heavy atom. The highest BCUT2D eigenvalue weighted by Crippen LogP contribution is 2.09. The van der Waals surface area contributed by atoms with Crippen LogP contribution in [0.25, 0.3) is 0 Å². The van der Waals surface area contributed by atoms with Crippen molar-refractivity contribution >= 4 is 0 Å². The van der Waals surface area contributed by atoms with Gasteiger partial charge in [-0.25, -0.2) is 5.01 Å². The third-order valence-corrected chi connectivity index (χ3v) is 2.15. The lowest BCUT2D eigenvalue weighted by atomic mass is 10.5. The fraction of sp³-hybridized carbons (Fsp3) is 0.750. The van der Waals surface area contributed by atoms with Crippen LogP contribution in [-0.4, -0.2) is 42.9 Å². The molecular weight excluding hydrogens is 140 g/mol. The summed E-state index contributed by atoms with van der Waals surface area (Å²) in [5, 5.41) is 4.65. The first-order valence-electron chi connectivity index (χ1n) is 4.23. The van der Waals surface area contributed by atoms with E-state index in [-0.39, 0.29) is 0 Å². The Bertz CT molecular complexity index is 152. The van der Waals surface area contributed by atoms with Crippen molar-refractivity contribution in [3.05, 3.63) is 12.3 Å². The van der Waals surface area contributed by atoms with Gasteiger partial charge in [-0.3, -0.25) is 0 Å². The minimum atomic E-state index is 0.879. The molecule has 0 atom stereocenters. The largest absolute Gasteiger partial charge is 0.379 e. The number of hydrogen-bond donors (Lipinski definition) is 0. The lowest BCUT2D eigenvalue weighted by molar-refractivity contribution is -0.0580. The third kappa shape index (κ3) is 1.54. The van der Waals surface area contributed by atoms with Gasteiger partial charge in [-0.1, -0.05) is 6.08 Å². The number of ether oxygens (including phenoxy) is 1. The van der Waals surface area contributed by atoms with Gasteiger partial charge in [-0.05, 0) is 6.42 Å². The Morgan fingerprint density at radius 2 is 1.91 bits per heavy atom. The van der Waals surface area contributed by atoms with Crippen molar-refractivity contribution in [2.75, 3.05) is 32.8 Å². The van der Waals surface area contributed by atoms with Crippen LogP contribution in [0.15, 0.2) is 12.3 Å². The van der Waals surface area contributed by atoms with Gasteiger partial charge >= 0.3 is 0 Å². The van der Waals surface area contributed by atoms with E-state index in [4.69, 9.17) is 4.74 Å². The average molecular weight is 154 g/mol. The molecule has 0 aromatic carbocycles. The molecule has 2 aliphatic rings. The maximum absolute atomic E-state index is 5.27. The molecule has 2 aliphatic heterocycles. The van der Waals surface area contributed by atoms with E-state index in [1.807, 2.05) is 0 Å². The van der Waals surface area contributed by atoms with Crippen molar-refractivity contribution in [2.45, 2.75) is 6.42 Å². The first-order chi connectivity index (χ1) is 5.47. The Morgan fingerprint density at radius 3 is 2.55 bits per heavy atom. The first-order valence-corrected chi connectivity index (χ1v) is 4.23. The summed E-state index contributed by atoms with van der Waals surface area (Å²) in [6.45, 7) is 5.00. The molecule has 0 spiro atoms. The van der Waals surface area contributed by atoms with Crippen molar-refractivity contribution in [1.82, 2.24) is 10.0 Å². The number of morpholine rings is 1. The van der Waals surface area contributed by atoms with E-state index >= 15 is 0 Å². The van der Waals surface area contributed by atoms with Crippen LogP contribution in [0.3, 0.4) is 0 Å². The summed E-state index contributed by atoms with van der Waals surface area (Å²) < 4.78 is 5.27. The molecular formula is C8H14N2O. The second-order valence-electron chi connectivity index (χ2n) is 2.90. The molecule has 0 unspecified atom stereocenters. The fourth-order valence-corrected chi connectivity index (χ4v) is 1.52. The third-order valence-electron chi connectivity index (χ3n) is 2.15. The summed E-state index contributed by atoms with van der Waals surface area (Å²) in [5.74, 6) is 0. The summed E-state index contributed by atoms with van der Waals surface area (Å²) in [7, 11) is 0. The molecule has 1 fully saturated rings. The minimum Gasteiger partial charge on any atom is -0.379 e. The fourth-order valence-electron chi connectivity index (χ4n) is 1.52. The molecule has 11 heavy (non-hydrogen) atoms. The quantitative estimate of drug-likeness (QED) is 0.545. The average Bonchev–Trinajstić information content (AvgIpc) is 2.58. The number of hydrogen-bond acceptors (Lipinski definition) is 3. The predicted octanol–water partition coefficient (Wildman–Crippen LogP) is 0.453. The Kier molecular flexibility index (Phi) is 2.10. The van der Waals surface area contributed by atoms with Crippen molar-refractivity contribution in [1.29, 1.82) is 0 Å². The molecule has 62 valence electrons. The van der Waals surface area contributed by atoms with E-state index < -0.39 is 0 Å². The van der Waals surface area contributed by atoms with Gasteiger partial charge in [-0.2, -0.15) is 0 Å². The molecule has 0 saturated carbocycles. The summed E-state index contributed by atoms with van der Waals surface area (Å²) in [4.78, 5) is 0. The molecule has 0 aliphatic carbocycles. The molecule has 0 aromatic rings. The van der Waals surface area contributed by atoms with E-state index in [1.54, 1.807) is 0 Å². The molecule has 3 nitrogen and oxygen atoms in total. The number of hydrazine groups is 1. The SMILES string of the molecule is C1=CN(N2CCOCC2)CC1. The van der Waals surface area contributed by atoms with E-state index in [0.717, 1.165) is 32.8 Å². The van der Waals surface area contributed by atoms with E-state index in [2.05, 4.69) is 22.3 Å². The predicted molar refractivity (Wildman–Crippen MR) is 42.9 cm³/mol. The van der Waals surface area contributed by atoms with Gasteiger partial charge in [0, 0.05) is 25.8 Å². The molecule has 1 saturated heterocycles. The Hall–Kier alpha value is -0.540. The van der Waals surface area contributed by atoms with Crippen LogP contribution in [0.4, 0.5) is 0 Å². The number of nitrogens with zero attached hydrogens (tertiary/aromatic N) is 2. The zero-order valence-corrected chi connectivity index (χ0v) is 6.70.